The molecule has 1 heterocycles. The van der Waals surface area contributed by atoms with Crippen LogP contribution in [0.5, 0.6) is 0 Å². The fourth-order valence-corrected chi connectivity index (χ4v) is 1.44. The lowest BCUT2D eigenvalue weighted by atomic mass is 10.1. The number of amides is 1. The van der Waals surface area contributed by atoms with E-state index in [1.165, 1.54) is 0 Å². The van der Waals surface area contributed by atoms with Gasteiger partial charge >= 0.3 is 0 Å². The molecule has 3 nitrogen and oxygen atoms in total. The van der Waals surface area contributed by atoms with Crippen LogP contribution >= 0.6 is 0 Å². The molecule has 0 bridgehead atoms. The smallest absolute Gasteiger partial charge is 0.267 e. The van der Waals surface area contributed by atoms with Gasteiger partial charge in [0.05, 0.1) is 5.69 Å². The quantitative estimate of drug-likeness (QED) is 0.598. The van der Waals surface area contributed by atoms with Crippen LogP contribution in [0.2, 0.25) is 0 Å². The van der Waals surface area contributed by atoms with Crippen molar-refractivity contribution in [2.24, 2.45) is 4.99 Å². The highest BCUT2D eigenvalue weighted by atomic mass is 16.1. The Morgan fingerprint density at radius 1 is 1.62 bits per heavy atom. The van der Waals surface area contributed by atoms with Crippen molar-refractivity contribution in [3.63, 3.8) is 0 Å². The van der Waals surface area contributed by atoms with E-state index >= 15 is 0 Å². The Morgan fingerprint density at radius 2 is 2.46 bits per heavy atom. The van der Waals surface area contributed by atoms with Crippen molar-refractivity contribution in [2.75, 3.05) is 0 Å². The topological polar surface area (TPSA) is 42.3 Å². The maximum Gasteiger partial charge on any atom is 0.276 e. The standard InChI is InChI=1S/C10H8N2O/c1-11-10(13)8-4-5-9-7(8)3-2-6-12-9/h2-4,6H,1,5H2. The Morgan fingerprint density at radius 3 is 3.23 bits per heavy atom. The zero-order valence-electron chi connectivity index (χ0n) is 7.03. The molecule has 1 aliphatic rings. The minimum atomic E-state index is -0.272. The zero-order chi connectivity index (χ0) is 9.26. The minimum absolute atomic E-state index is 0.272. The third-order valence-corrected chi connectivity index (χ3v) is 2.05. The molecule has 0 spiro atoms. The van der Waals surface area contributed by atoms with Gasteiger partial charge in [-0.25, -0.2) is 4.99 Å². The highest BCUT2D eigenvalue weighted by molar-refractivity contribution is 6.22. The van der Waals surface area contributed by atoms with Crippen molar-refractivity contribution in [1.29, 1.82) is 0 Å². The summed E-state index contributed by atoms with van der Waals surface area (Å²) in [7, 11) is 0. The first-order valence-electron chi connectivity index (χ1n) is 3.98. The maximum absolute atomic E-state index is 11.3. The molecule has 0 unspecified atom stereocenters. The molecule has 0 saturated heterocycles. The van der Waals surface area contributed by atoms with E-state index in [1.807, 2.05) is 18.2 Å². The van der Waals surface area contributed by atoms with Crippen molar-refractivity contribution in [3.8, 4) is 0 Å². The van der Waals surface area contributed by atoms with Crippen LogP contribution in [0, 0.1) is 0 Å². The summed E-state index contributed by atoms with van der Waals surface area (Å²) < 4.78 is 0. The van der Waals surface area contributed by atoms with E-state index in [2.05, 4.69) is 16.7 Å². The summed E-state index contributed by atoms with van der Waals surface area (Å²) in [4.78, 5) is 18.8. The van der Waals surface area contributed by atoms with Gasteiger partial charge in [0.2, 0.25) is 0 Å². The van der Waals surface area contributed by atoms with Gasteiger partial charge in [-0.2, -0.15) is 0 Å². The Labute approximate surface area is 75.8 Å². The van der Waals surface area contributed by atoms with Gasteiger partial charge in [-0.05, 0) is 12.8 Å². The number of carbonyl (C=O) groups excluding carboxylic acids is 1. The molecule has 1 amide bonds. The van der Waals surface area contributed by atoms with E-state index < -0.39 is 0 Å². The normalized spacial score (nSPS) is 13.4. The molecule has 0 fully saturated rings. The number of allylic oxidation sites excluding steroid dienone is 1. The van der Waals surface area contributed by atoms with E-state index in [-0.39, 0.29) is 5.91 Å². The van der Waals surface area contributed by atoms with Crippen molar-refractivity contribution >= 4 is 18.2 Å². The number of hydrogen-bond acceptors (Lipinski definition) is 2. The van der Waals surface area contributed by atoms with Crippen LogP contribution in [-0.2, 0) is 11.2 Å². The van der Waals surface area contributed by atoms with Crippen LogP contribution in [0.3, 0.4) is 0 Å². The first-order chi connectivity index (χ1) is 6.33. The van der Waals surface area contributed by atoms with Gasteiger partial charge in [0, 0.05) is 23.8 Å². The molecule has 1 aromatic rings. The molecule has 0 N–H and O–H groups in total. The lowest BCUT2D eigenvalue weighted by Crippen LogP contribution is -1.96. The SMILES string of the molecule is C=NC(=O)C1=CCc2ncccc21. The van der Waals surface area contributed by atoms with Gasteiger partial charge < -0.3 is 0 Å². The average molecular weight is 172 g/mol. The second kappa shape index (κ2) is 2.94. The molecule has 1 aliphatic carbocycles. The molecular formula is C10H8N2O. The summed E-state index contributed by atoms with van der Waals surface area (Å²) in [5.41, 5.74) is 2.45. The molecular weight excluding hydrogens is 164 g/mol. The summed E-state index contributed by atoms with van der Waals surface area (Å²) in [6.45, 7) is 3.22. The molecule has 0 saturated carbocycles. The van der Waals surface area contributed by atoms with E-state index in [0.717, 1.165) is 11.3 Å². The predicted molar refractivity (Wildman–Crippen MR) is 50.5 cm³/mol. The number of pyridine rings is 1. The summed E-state index contributed by atoms with van der Waals surface area (Å²) in [6, 6.07) is 3.69. The van der Waals surface area contributed by atoms with E-state index in [0.29, 0.717) is 12.0 Å². The highest BCUT2D eigenvalue weighted by Gasteiger charge is 2.19. The Hall–Kier alpha value is -1.77. The maximum atomic E-state index is 11.3. The lowest BCUT2D eigenvalue weighted by Gasteiger charge is -1.99. The predicted octanol–water partition coefficient (Wildman–Crippen LogP) is 1.25. The summed E-state index contributed by atoms with van der Waals surface area (Å²) in [5, 5.41) is 0. The minimum Gasteiger partial charge on any atom is -0.267 e. The third-order valence-electron chi connectivity index (χ3n) is 2.05. The lowest BCUT2D eigenvalue weighted by molar-refractivity contribution is -0.112. The van der Waals surface area contributed by atoms with Gasteiger partial charge in [0.25, 0.3) is 5.91 Å². The summed E-state index contributed by atoms with van der Waals surface area (Å²) in [5.74, 6) is -0.272. The monoisotopic (exact) mass is 172 g/mol. The first-order valence-corrected chi connectivity index (χ1v) is 3.98. The van der Waals surface area contributed by atoms with Gasteiger partial charge in [0.1, 0.15) is 0 Å². The number of hydrogen-bond donors (Lipinski definition) is 0. The Balaban J connectivity index is 2.47. The molecule has 1 aromatic heterocycles. The molecule has 0 radical (unpaired) electrons. The van der Waals surface area contributed by atoms with E-state index in [4.69, 9.17) is 0 Å². The fourth-order valence-electron chi connectivity index (χ4n) is 1.44. The molecule has 3 heteroatoms. The van der Waals surface area contributed by atoms with Crippen molar-refractivity contribution in [2.45, 2.75) is 6.42 Å². The second-order valence-corrected chi connectivity index (χ2v) is 2.78. The molecule has 0 atom stereocenters. The average Bonchev–Trinajstić information content (AvgIpc) is 2.60. The number of carbonyl (C=O) groups is 1. The van der Waals surface area contributed by atoms with Crippen LogP contribution in [0.4, 0.5) is 0 Å². The number of fused-ring (bicyclic) bond motifs is 1. The first kappa shape index (κ1) is 7.86. The number of aliphatic imine (C=N–C) groups is 1. The molecule has 0 aliphatic heterocycles. The largest absolute Gasteiger partial charge is 0.276 e. The summed E-state index contributed by atoms with van der Waals surface area (Å²) in [6.07, 6.45) is 4.28. The van der Waals surface area contributed by atoms with Gasteiger partial charge in [0.15, 0.2) is 0 Å². The fraction of sp³-hybridized carbons (Fsp3) is 0.100. The van der Waals surface area contributed by atoms with Crippen LogP contribution < -0.4 is 0 Å². The van der Waals surface area contributed by atoms with Crippen LogP contribution in [0.15, 0.2) is 29.4 Å². The molecule has 2 rings (SSSR count). The number of aromatic nitrogens is 1. The van der Waals surface area contributed by atoms with Crippen molar-refractivity contribution in [1.82, 2.24) is 4.98 Å². The number of nitrogens with zero attached hydrogens (tertiary/aromatic N) is 2. The van der Waals surface area contributed by atoms with Crippen molar-refractivity contribution in [3.05, 3.63) is 35.7 Å². The molecule has 0 aromatic carbocycles. The second-order valence-electron chi connectivity index (χ2n) is 2.78. The summed E-state index contributed by atoms with van der Waals surface area (Å²) >= 11 is 0. The zero-order valence-corrected chi connectivity index (χ0v) is 7.03. The Kier molecular flexibility index (Phi) is 1.77. The number of rotatable bonds is 1. The van der Waals surface area contributed by atoms with E-state index in [9.17, 15) is 4.79 Å². The molecule has 64 valence electrons. The van der Waals surface area contributed by atoms with Crippen LogP contribution in [-0.4, -0.2) is 17.6 Å². The van der Waals surface area contributed by atoms with Gasteiger partial charge in [-0.15, -0.1) is 0 Å². The Bertz CT molecular complexity index is 407. The van der Waals surface area contributed by atoms with Crippen LogP contribution in [0.25, 0.3) is 5.57 Å². The van der Waals surface area contributed by atoms with Crippen molar-refractivity contribution < 1.29 is 4.79 Å². The van der Waals surface area contributed by atoms with E-state index in [1.54, 1.807) is 6.20 Å². The van der Waals surface area contributed by atoms with Gasteiger partial charge in [-0.3, -0.25) is 9.78 Å². The molecule has 13 heavy (non-hydrogen) atoms. The highest BCUT2D eigenvalue weighted by Crippen LogP contribution is 2.25. The van der Waals surface area contributed by atoms with Gasteiger partial charge in [-0.1, -0.05) is 12.1 Å². The third kappa shape index (κ3) is 1.18. The van der Waals surface area contributed by atoms with Crippen LogP contribution in [0.1, 0.15) is 11.3 Å².